The molecule has 1 atom stereocenters. The highest BCUT2D eigenvalue weighted by Gasteiger charge is 2.32. The molecular weight excluding hydrogens is 459 g/mol. The Balaban J connectivity index is 1.86. The van der Waals surface area contributed by atoms with Gasteiger partial charge in [0.05, 0.1) is 38.9 Å². The van der Waals surface area contributed by atoms with Crippen molar-refractivity contribution in [3.05, 3.63) is 76.2 Å². The van der Waals surface area contributed by atoms with Crippen molar-refractivity contribution in [2.75, 3.05) is 17.2 Å². The van der Waals surface area contributed by atoms with Crippen LogP contribution in [-0.4, -0.2) is 34.8 Å². The van der Waals surface area contributed by atoms with Crippen LogP contribution in [0.2, 0.25) is 5.02 Å². The third-order valence-corrected chi connectivity index (χ3v) is 6.02. The molecule has 4 rings (SSSR count). The van der Waals surface area contributed by atoms with E-state index in [4.69, 9.17) is 11.6 Å². The highest BCUT2D eigenvalue weighted by Crippen LogP contribution is 2.37. The third-order valence-electron chi connectivity index (χ3n) is 5.73. The van der Waals surface area contributed by atoms with Gasteiger partial charge in [-0.1, -0.05) is 49.7 Å². The molecule has 35 heavy (non-hydrogen) atoms. The second kappa shape index (κ2) is 9.29. The molecule has 0 aliphatic heterocycles. The number of nitrogens with one attached hydrogen (secondary N) is 3. The number of anilines is 2. The number of nitrogens with zero attached hydrogens (tertiary/aromatic N) is 5. The van der Waals surface area contributed by atoms with Crippen LogP contribution in [0, 0.1) is 28.1 Å². The van der Waals surface area contributed by atoms with Gasteiger partial charge in [0.25, 0.3) is 0 Å². The number of aromatic nitrogens is 4. The maximum Gasteiger partial charge on any atom is 0.148 e. The molecule has 0 saturated carbocycles. The first-order valence-corrected chi connectivity index (χ1v) is 11.4. The van der Waals surface area contributed by atoms with Crippen molar-refractivity contribution in [1.29, 1.82) is 10.5 Å². The van der Waals surface area contributed by atoms with Gasteiger partial charge in [-0.05, 0) is 35.2 Å². The van der Waals surface area contributed by atoms with Gasteiger partial charge in [-0.25, -0.2) is 0 Å². The fourth-order valence-electron chi connectivity index (χ4n) is 3.88. The molecule has 174 valence electrons. The molecule has 4 aromatic rings. The average molecular weight is 483 g/mol. The number of hydrogen-bond acceptors (Lipinski definition) is 7. The van der Waals surface area contributed by atoms with Crippen LogP contribution in [0.1, 0.15) is 43.2 Å². The Morgan fingerprint density at radius 2 is 1.94 bits per heavy atom. The van der Waals surface area contributed by atoms with E-state index in [2.05, 4.69) is 63.9 Å². The summed E-state index contributed by atoms with van der Waals surface area (Å²) in [6, 6.07) is 15.5. The number of rotatable bonds is 6. The number of nitriles is 2. The monoisotopic (exact) mass is 482 g/mol. The van der Waals surface area contributed by atoms with Crippen LogP contribution in [0.3, 0.4) is 0 Å². The van der Waals surface area contributed by atoms with Gasteiger partial charge in [-0.2, -0.15) is 10.5 Å². The van der Waals surface area contributed by atoms with Crippen LogP contribution >= 0.6 is 11.6 Å². The van der Waals surface area contributed by atoms with Gasteiger partial charge in [-0.3, -0.25) is 10.1 Å². The maximum atomic E-state index is 9.73. The Labute approximate surface area is 209 Å². The van der Waals surface area contributed by atoms with E-state index in [1.807, 2.05) is 32.1 Å². The summed E-state index contributed by atoms with van der Waals surface area (Å²) in [5, 5.41) is 38.2. The number of aromatic amines is 1. The zero-order valence-corrected chi connectivity index (χ0v) is 20.7. The summed E-state index contributed by atoms with van der Waals surface area (Å²) >= 11 is 6.68. The van der Waals surface area contributed by atoms with E-state index in [-0.39, 0.29) is 5.41 Å². The number of pyridine rings is 1. The van der Waals surface area contributed by atoms with E-state index in [0.29, 0.717) is 45.3 Å². The van der Waals surface area contributed by atoms with Crippen LogP contribution in [0.25, 0.3) is 10.9 Å². The van der Waals surface area contributed by atoms with Gasteiger partial charge in [-0.15, -0.1) is 5.10 Å². The molecule has 0 saturated heterocycles. The predicted octanol–water partition coefficient (Wildman–Crippen LogP) is 4.15. The van der Waals surface area contributed by atoms with Gasteiger partial charge in [0.15, 0.2) is 0 Å². The Bertz CT molecular complexity index is 1460. The van der Waals surface area contributed by atoms with Gasteiger partial charge in [0, 0.05) is 30.0 Å². The molecule has 0 amide bonds. The fraction of sp³-hybridized carbons (Fsp3) is 0.240. The third kappa shape index (κ3) is 4.91. The topological polar surface area (TPSA) is 126 Å². The molecule has 2 heterocycles. The minimum atomic E-state index is -0.837. The molecule has 0 radical (unpaired) electrons. The van der Waals surface area contributed by atoms with E-state index in [1.54, 1.807) is 24.5 Å². The van der Waals surface area contributed by atoms with Crippen molar-refractivity contribution in [3.63, 3.8) is 0 Å². The number of H-pyrrole nitrogens is 1. The molecule has 2 aromatic carbocycles. The first kappa shape index (κ1) is 24.1. The predicted molar refractivity (Wildman–Crippen MR) is 140 cm³/mol. The van der Waals surface area contributed by atoms with Crippen LogP contribution in [-0.2, 0) is 5.44 Å². The fourth-order valence-corrected chi connectivity index (χ4v) is 4.15. The summed E-state index contributed by atoms with van der Waals surface area (Å²) in [4.78, 5) is 4.44. The first-order valence-electron chi connectivity index (χ1n) is 11.1. The summed E-state index contributed by atoms with van der Waals surface area (Å²) in [7, 11) is 1.96. The number of benzene rings is 2. The highest BCUT2D eigenvalue weighted by atomic mass is 35.5. The average Bonchev–Trinajstić information content (AvgIpc) is 3.37. The number of fused-ring (bicyclic) bond motifs is 1. The summed E-state index contributed by atoms with van der Waals surface area (Å²) in [5.74, 6) is 0. The highest BCUT2D eigenvalue weighted by molar-refractivity contribution is 6.36. The Morgan fingerprint density at radius 1 is 1.14 bits per heavy atom. The standard InChI is InChI=1S/C25H24BClN8/c1-24(2,3)14-31-22-16(11-29)12-30-23-19(22)8-18(9-20(23)27)33-25(26,21-13-32-35-34-21)17-6-4-5-15(7-17)10-28/h4-9,12-13,33H,14,26H2,1-3H3,(H,30,31)(H,32,34,35). The Kier molecular flexibility index (Phi) is 6.38. The van der Waals surface area contributed by atoms with E-state index in [9.17, 15) is 10.5 Å². The molecular formula is C25H24BClN8. The second-order valence-corrected chi connectivity index (χ2v) is 10.1. The van der Waals surface area contributed by atoms with Crippen molar-refractivity contribution in [2.45, 2.75) is 26.2 Å². The van der Waals surface area contributed by atoms with Crippen LogP contribution < -0.4 is 10.6 Å². The molecule has 2 aromatic heterocycles. The molecule has 0 spiro atoms. The molecule has 0 aliphatic rings. The Morgan fingerprint density at radius 3 is 2.60 bits per heavy atom. The van der Waals surface area contributed by atoms with Gasteiger partial charge in [0.2, 0.25) is 0 Å². The van der Waals surface area contributed by atoms with Crippen molar-refractivity contribution in [2.24, 2.45) is 5.41 Å². The van der Waals surface area contributed by atoms with Crippen LogP contribution in [0.4, 0.5) is 11.4 Å². The lowest BCUT2D eigenvalue weighted by Gasteiger charge is -2.31. The maximum absolute atomic E-state index is 9.73. The zero-order chi connectivity index (χ0) is 25.2. The van der Waals surface area contributed by atoms with E-state index in [0.717, 1.165) is 10.9 Å². The summed E-state index contributed by atoms with van der Waals surface area (Å²) < 4.78 is 0. The van der Waals surface area contributed by atoms with E-state index in [1.165, 1.54) is 0 Å². The van der Waals surface area contributed by atoms with Crippen molar-refractivity contribution < 1.29 is 0 Å². The van der Waals surface area contributed by atoms with Crippen molar-refractivity contribution in [1.82, 2.24) is 20.4 Å². The molecule has 0 aliphatic carbocycles. The van der Waals surface area contributed by atoms with Crippen molar-refractivity contribution >= 4 is 41.7 Å². The molecule has 3 N–H and O–H groups in total. The van der Waals surface area contributed by atoms with Crippen LogP contribution in [0.5, 0.6) is 0 Å². The summed E-state index contributed by atoms with van der Waals surface area (Å²) in [5.41, 5.74) is 3.59. The number of hydrogen-bond donors (Lipinski definition) is 3. The van der Waals surface area contributed by atoms with E-state index < -0.39 is 5.44 Å². The second-order valence-electron chi connectivity index (χ2n) is 9.73. The smallest absolute Gasteiger partial charge is 0.148 e. The summed E-state index contributed by atoms with van der Waals surface area (Å²) in [6.07, 6.45) is 3.25. The first-order chi connectivity index (χ1) is 16.6. The molecule has 8 nitrogen and oxygen atoms in total. The van der Waals surface area contributed by atoms with Gasteiger partial charge >= 0.3 is 0 Å². The zero-order valence-electron chi connectivity index (χ0n) is 19.9. The molecule has 0 fully saturated rings. The molecule has 0 bridgehead atoms. The molecule has 10 heteroatoms. The van der Waals surface area contributed by atoms with Gasteiger partial charge in [0.1, 0.15) is 19.6 Å². The van der Waals surface area contributed by atoms with Crippen LogP contribution in [0.15, 0.2) is 48.8 Å². The van der Waals surface area contributed by atoms with Crippen molar-refractivity contribution in [3.8, 4) is 12.1 Å². The van der Waals surface area contributed by atoms with Gasteiger partial charge < -0.3 is 10.6 Å². The lowest BCUT2D eigenvalue weighted by molar-refractivity contribution is 0.443. The minimum Gasteiger partial charge on any atom is -0.383 e. The summed E-state index contributed by atoms with van der Waals surface area (Å²) in [6.45, 7) is 7.02. The lowest BCUT2D eigenvalue weighted by Crippen LogP contribution is -2.37. The largest absolute Gasteiger partial charge is 0.383 e. The SMILES string of the molecule is BC(Nc1cc(Cl)c2ncc(C#N)c(NCC(C)(C)C)c2c1)(c1cccc(C#N)c1)c1c[nH]nn1. The molecule has 1 unspecified atom stereocenters. The number of halogens is 1. The van der Waals surface area contributed by atoms with E-state index >= 15 is 0 Å². The lowest BCUT2D eigenvalue weighted by atomic mass is 9.69. The normalized spacial score (nSPS) is 13.0. The Hall–Kier alpha value is -4.08. The minimum absolute atomic E-state index is 0.000737. The quantitative estimate of drug-likeness (QED) is 0.352.